The third-order valence-electron chi connectivity index (χ3n) is 6.20. The Morgan fingerprint density at radius 1 is 1.13 bits per heavy atom. The summed E-state index contributed by atoms with van der Waals surface area (Å²) in [5.74, 6) is 0.527. The van der Waals surface area contributed by atoms with E-state index < -0.39 is 12.1 Å². The highest BCUT2D eigenvalue weighted by Crippen LogP contribution is 2.34. The molecule has 4 aromatic rings. The number of carboxylic acid groups (broad SMARTS) is 1. The van der Waals surface area contributed by atoms with Gasteiger partial charge in [0.2, 0.25) is 0 Å². The van der Waals surface area contributed by atoms with Crippen molar-refractivity contribution < 1.29 is 19.4 Å². The van der Waals surface area contributed by atoms with E-state index >= 15 is 0 Å². The number of aromatic nitrogens is 2. The average molecular weight is 548 g/mol. The number of carbonyl (C=O) groups is 1. The number of nitrogens with zero attached hydrogens (tertiary/aromatic N) is 3. The van der Waals surface area contributed by atoms with Crippen LogP contribution in [0, 0.1) is 6.92 Å². The Morgan fingerprint density at radius 3 is 2.54 bits per heavy atom. The normalized spacial score (nSPS) is 12.3. The first-order valence-electron chi connectivity index (χ1n) is 12.6. The SMILES string of the molecule is CCOc1cc(C)c(-c2nc3ccccc3c(=O)n2N=Cc2ccc(O[C@H](C)C(=O)O)c(Cl)c2)cc1C(C)C. The molecule has 0 amide bonds. The Labute approximate surface area is 231 Å². The molecule has 0 saturated carbocycles. The average Bonchev–Trinajstić information content (AvgIpc) is 2.89. The van der Waals surface area contributed by atoms with Crippen LogP contribution in [0.25, 0.3) is 22.3 Å². The molecule has 0 aliphatic rings. The number of carboxylic acids is 1. The van der Waals surface area contributed by atoms with Gasteiger partial charge in [0.15, 0.2) is 11.9 Å². The Hall–Kier alpha value is -4.17. The fourth-order valence-electron chi connectivity index (χ4n) is 4.13. The van der Waals surface area contributed by atoms with Crippen molar-refractivity contribution in [2.75, 3.05) is 6.61 Å². The van der Waals surface area contributed by atoms with Gasteiger partial charge in [-0.1, -0.05) is 37.6 Å². The van der Waals surface area contributed by atoms with E-state index in [0.29, 0.717) is 28.9 Å². The summed E-state index contributed by atoms with van der Waals surface area (Å²) < 4.78 is 12.6. The molecule has 0 spiro atoms. The minimum absolute atomic E-state index is 0.182. The van der Waals surface area contributed by atoms with Gasteiger partial charge >= 0.3 is 5.97 Å². The molecule has 8 nitrogen and oxygen atoms in total. The number of hydrogen-bond donors (Lipinski definition) is 1. The van der Waals surface area contributed by atoms with Gasteiger partial charge in [0, 0.05) is 5.56 Å². The summed E-state index contributed by atoms with van der Waals surface area (Å²) in [5.41, 5.74) is 3.52. The zero-order valence-corrected chi connectivity index (χ0v) is 23.2. The molecule has 9 heteroatoms. The summed E-state index contributed by atoms with van der Waals surface area (Å²) in [5, 5.41) is 14.3. The molecular weight excluding hydrogens is 518 g/mol. The number of fused-ring (bicyclic) bond motifs is 1. The van der Waals surface area contributed by atoms with Crippen molar-refractivity contribution in [3.63, 3.8) is 0 Å². The molecule has 0 bridgehead atoms. The first-order chi connectivity index (χ1) is 18.6. The first-order valence-corrected chi connectivity index (χ1v) is 13.0. The van der Waals surface area contributed by atoms with Gasteiger partial charge in [-0.15, -0.1) is 0 Å². The number of ether oxygens (including phenoxy) is 2. The monoisotopic (exact) mass is 547 g/mol. The summed E-state index contributed by atoms with van der Waals surface area (Å²) in [7, 11) is 0. The number of rotatable bonds is 9. The first kappa shape index (κ1) is 27.9. The van der Waals surface area contributed by atoms with E-state index in [1.54, 1.807) is 36.4 Å². The predicted octanol–water partition coefficient (Wildman–Crippen LogP) is 6.28. The van der Waals surface area contributed by atoms with Gasteiger partial charge < -0.3 is 14.6 Å². The molecule has 202 valence electrons. The standard InChI is InChI=1S/C30H30ClN3O5/c1-6-38-27-13-18(4)23(15-22(27)17(2)3)28-33-25-10-8-7-9-21(25)29(35)34(28)32-16-20-11-12-26(24(31)14-20)39-19(5)30(36)37/h7-17,19H,6H2,1-5H3,(H,36,37)/t19-/m1/s1. The molecule has 1 atom stereocenters. The molecule has 4 rings (SSSR count). The molecule has 0 radical (unpaired) electrons. The van der Waals surface area contributed by atoms with E-state index in [9.17, 15) is 9.59 Å². The number of para-hydroxylation sites is 1. The Morgan fingerprint density at radius 2 is 1.87 bits per heavy atom. The Kier molecular flexibility index (Phi) is 8.35. The maximum atomic E-state index is 13.6. The Balaban J connectivity index is 1.85. The highest BCUT2D eigenvalue weighted by molar-refractivity contribution is 6.32. The maximum absolute atomic E-state index is 13.6. The molecule has 0 saturated heterocycles. The zero-order valence-electron chi connectivity index (χ0n) is 22.4. The quantitative estimate of drug-likeness (QED) is 0.247. The van der Waals surface area contributed by atoms with Crippen LogP contribution in [0.15, 0.2) is 64.5 Å². The molecule has 39 heavy (non-hydrogen) atoms. The van der Waals surface area contributed by atoms with Crippen molar-refractivity contribution in [3.05, 3.63) is 86.7 Å². The van der Waals surface area contributed by atoms with Crippen LogP contribution in [-0.2, 0) is 4.79 Å². The topological polar surface area (TPSA) is 103 Å². The van der Waals surface area contributed by atoms with Crippen LogP contribution < -0.4 is 15.0 Å². The summed E-state index contributed by atoms with van der Waals surface area (Å²) in [4.78, 5) is 29.6. The summed E-state index contributed by atoms with van der Waals surface area (Å²) in [6.45, 7) is 10.0. The van der Waals surface area contributed by atoms with Crippen molar-refractivity contribution in [1.29, 1.82) is 0 Å². The van der Waals surface area contributed by atoms with E-state index in [-0.39, 0.29) is 22.2 Å². The molecule has 0 aliphatic carbocycles. The van der Waals surface area contributed by atoms with Crippen molar-refractivity contribution in [3.8, 4) is 22.9 Å². The predicted molar refractivity (Wildman–Crippen MR) is 154 cm³/mol. The second-order valence-corrected chi connectivity index (χ2v) is 9.80. The molecule has 0 fully saturated rings. The van der Waals surface area contributed by atoms with E-state index in [0.717, 1.165) is 22.4 Å². The lowest BCUT2D eigenvalue weighted by Gasteiger charge is -2.18. The van der Waals surface area contributed by atoms with Crippen LogP contribution >= 0.6 is 11.6 Å². The van der Waals surface area contributed by atoms with E-state index in [1.807, 2.05) is 32.0 Å². The summed E-state index contributed by atoms with van der Waals surface area (Å²) in [6.07, 6.45) is 0.449. The van der Waals surface area contributed by atoms with Gasteiger partial charge in [0.1, 0.15) is 11.5 Å². The van der Waals surface area contributed by atoms with Crippen LogP contribution in [0.5, 0.6) is 11.5 Å². The lowest BCUT2D eigenvalue weighted by molar-refractivity contribution is -0.144. The summed E-state index contributed by atoms with van der Waals surface area (Å²) >= 11 is 6.33. The number of hydrogen-bond acceptors (Lipinski definition) is 6. The van der Waals surface area contributed by atoms with E-state index in [4.69, 9.17) is 31.2 Å². The maximum Gasteiger partial charge on any atom is 0.344 e. The van der Waals surface area contributed by atoms with Crippen LogP contribution in [-0.4, -0.2) is 39.7 Å². The van der Waals surface area contributed by atoms with Gasteiger partial charge in [0.05, 0.1) is 28.7 Å². The van der Waals surface area contributed by atoms with Gasteiger partial charge in [0.25, 0.3) is 5.56 Å². The number of aliphatic carboxylic acids is 1. The number of aryl methyl sites for hydroxylation is 1. The highest BCUT2D eigenvalue weighted by Gasteiger charge is 2.19. The molecule has 1 N–H and O–H groups in total. The minimum atomic E-state index is -1.10. The number of benzene rings is 3. The third-order valence-corrected chi connectivity index (χ3v) is 6.50. The van der Waals surface area contributed by atoms with Gasteiger partial charge in [-0.3, -0.25) is 4.79 Å². The van der Waals surface area contributed by atoms with E-state index in [2.05, 4.69) is 18.9 Å². The van der Waals surface area contributed by atoms with Gasteiger partial charge in [-0.05, 0) is 85.8 Å². The molecule has 3 aromatic carbocycles. The lowest BCUT2D eigenvalue weighted by Crippen LogP contribution is -2.23. The van der Waals surface area contributed by atoms with Crippen LogP contribution in [0.4, 0.5) is 0 Å². The second kappa shape index (κ2) is 11.7. The zero-order chi connectivity index (χ0) is 28.3. The van der Waals surface area contributed by atoms with Crippen LogP contribution in [0.2, 0.25) is 5.02 Å². The molecule has 1 heterocycles. The van der Waals surface area contributed by atoms with Crippen molar-refractivity contribution in [2.24, 2.45) is 5.10 Å². The lowest BCUT2D eigenvalue weighted by atomic mass is 9.96. The Bertz CT molecular complexity index is 1630. The van der Waals surface area contributed by atoms with E-state index in [1.165, 1.54) is 17.8 Å². The fraction of sp³-hybridized carbons (Fsp3) is 0.267. The smallest absolute Gasteiger partial charge is 0.344 e. The van der Waals surface area contributed by atoms with Crippen molar-refractivity contribution in [1.82, 2.24) is 9.66 Å². The van der Waals surface area contributed by atoms with Crippen molar-refractivity contribution in [2.45, 2.75) is 46.6 Å². The fourth-order valence-corrected chi connectivity index (χ4v) is 4.37. The van der Waals surface area contributed by atoms with Gasteiger partial charge in [-0.2, -0.15) is 9.78 Å². The third kappa shape index (κ3) is 5.96. The largest absolute Gasteiger partial charge is 0.494 e. The van der Waals surface area contributed by atoms with Crippen LogP contribution in [0.1, 0.15) is 50.3 Å². The molecule has 0 aliphatic heterocycles. The van der Waals surface area contributed by atoms with Crippen molar-refractivity contribution >= 4 is 34.7 Å². The summed E-state index contributed by atoms with van der Waals surface area (Å²) in [6, 6.07) is 16.0. The molecular formula is C30H30ClN3O5. The minimum Gasteiger partial charge on any atom is -0.494 e. The number of halogens is 1. The molecule has 0 unspecified atom stereocenters. The van der Waals surface area contributed by atoms with Crippen LogP contribution in [0.3, 0.4) is 0 Å². The second-order valence-electron chi connectivity index (χ2n) is 9.39. The van der Waals surface area contributed by atoms with Gasteiger partial charge in [-0.25, -0.2) is 9.78 Å². The highest BCUT2D eigenvalue weighted by atomic mass is 35.5. The molecule has 1 aromatic heterocycles.